The SMILES string of the molecule is CCN(CCO)Cc1cc(=O)c(O)cn1CCN(C)C. The van der Waals surface area contributed by atoms with Crippen LogP contribution in [0.15, 0.2) is 17.1 Å². The van der Waals surface area contributed by atoms with E-state index in [4.69, 9.17) is 5.11 Å². The van der Waals surface area contributed by atoms with Crippen molar-refractivity contribution in [2.75, 3.05) is 40.3 Å². The maximum Gasteiger partial charge on any atom is 0.223 e. The molecule has 0 aliphatic carbocycles. The van der Waals surface area contributed by atoms with E-state index in [1.54, 1.807) is 0 Å². The molecule has 0 atom stereocenters. The summed E-state index contributed by atoms with van der Waals surface area (Å²) in [4.78, 5) is 15.7. The third-order valence-corrected chi connectivity index (χ3v) is 3.23. The molecule has 20 heavy (non-hydrogen) atoms. The van der Waals surface area contributed by atoms with Crippen LogP contribution in [0, 0.1) is 0 Å². The Morgan fingerprint density at radius 1 is 1.30 bits per heavy atom. The van der Waals surface area contributed by atoms with E-state index in [0.717, 1.165) is 18.8 Å². The number of likely N-dealkylation sites (N-methyl/N-ethyl adjacent to an activating group) is 2. The van der Waals surface area contributed by atoms with Crippen molar-refractivity contribution >= 4 is 0 Å². The fourth-order valence-corrected chi connectivity index (χ4v) is 1.97. The number of hydrogen-bond acceptors (Lipinski definition) is 5. The smallest absolute Gasteiger partial charge is 0.223 e. The molecule has 0 aromatic carbocycles. The number of hydrogen-bond donors (Lipinski definition) is 2. The molecule has 0 unspecified atom stereocenters. The van der Waals surface area contributed by atoms with Gasteiger partial charge < -0.3 is 19.7 Å². The van der Waals surface area contributed by atoms with E-state index in [-0.39, 0.29) is 17.8 Å². The summed E-state index contributed by atoms with van der Waals surface area (Å²) in [5, 5.41) is 18.6. The second-order valence-electron chi connectivity index (χ2n) is 5.10. The third kappa shape index (κ3) is 4.96. The van der Waals surface area contributed by atoms with Crippen molar-refractivity contribution in [3.63, 3.8) is 0 Å². The van der Waals surface area contributed by atoms with Crippen LogP contribution in [0.2, 0.25) is 0 Å². The van der Waals surface area contributed by atoms with Gasteiger partial charge in [0.05, 0.1) is 12.8 Å². The molecule has 6 nitrogen and oxygen atoms in total. The number of aromatic hydroxyl groups is 1. The van der Waals surface area contributed by atoms with Crippen LogP contribution in [0.1, 0.15) is 12.6 Å². The fourth-order valence-electron chi connectivity index (χ4n) is 1.97. The van der Waals surface area contributed by atoms with Crippen molar-refractivity contribution in [2.24, 2.45) is 0 Å². The summed E-state index contributed by atoms with van der Waals surface area (Å²) in [5.41, 5.74) is 0.492. The lowest BCUT2D eigenvalue weighted by Gasteiger charge is -2.23. The zero-order valence-electron chi connectivity index (χ0n) is 12.5. The van der Waals surface area contributed by atoms with Gasteiger partial charge in [-0.1, -0.05) is 6.92 Å². The van der Waals surface area contributed by atoms with Gasteiger partial charge in [0, 0.05) is 37.9 Å². The van der Waals surface area contributed by atoms with Gasteiger partial charge in [0.15, 0.2) is 5.75 Å². The van der Waals surface area contributed by atoms with Gasteiger partial charge in [-0.2, -0.15) is 0 Å². The van der Waals surface area contributed by atoms with Crippen LogP contribution in [-0.4, -0.2) is 64.9 Å². The minimum Gasteiger partial charge on any atom is -0.503 e. The molecule has 0 amide bonds. The molecule has 0 bridgehead atoms. The number of aliphatic hydroxyl groups excluding tert-OH is 1. The highest BCUT2D eigenvalue weighted by atomic mass is 16.3. The van der Waals surface area contributed by atoms with Gasteiger partial charge >= 0.3 is 0 Å². The second-order valence-corrected chi connectivity index (χ2v) is 5.10. The first-order valence-electron chi connectivity index (χ1n) is 6.88. The zero-order chi connectivity index (χ0) is 15.1. The summed E-state index contributed by atoms with van der Waals surface area (Å²) in [6, 6.07) is 1.48. The standard InChI is InChI=1S/C14H25N3O3/c1-4-16(7-8-18)10-12-9-13(19)14(20)11-17(12)6-5-15(2)3/h9,11,18,20H,4-8,10H2,1-3H3. The zero-order valence-corrected chi connectivity index (χ0v) is 12.5. The normalized spacial score (nSPS) is 11.5. The average Bonchev–Trinajstić information content (AvgIpc) is 2.40. The third-order valence-electron chi connectivity index (χ3n) is 3.23. The van der Waals surface area contributed by atoms with E-state index in [1.165, 1.54) is 12.3 Å². The predicted molar refractivity (Wildman–Crippen MR) is 79.0 cm³/mol. The molecule has 114 valence electrons. The van der Waals surface area contributed by atoms with Crippen molar-refractivity contribution in [3.8, 4) is 5.75 Å². The maximum absolute atomic E-state index is 11.6. The summed E-state index contributed by atoms with van der Waals surface area (Å²) < 4.78 is 1.90. The summed E-state index contributed by atoms with van der Waals surface area (Å²) >= 11 is 0. The Morgan fingerprint density at radius 2 is 2.00 bits per heavy atom. The summed E-state index contributed by atoms with van der Waals surface area (Å²) in [7, 11) is 3.96. The molecule has 0 radical (unpaired) electrons. The number of rotatable bonds is 8. The molecular formula is C14H25N3O3. The first kappa shape index (κ1) is 16.7. The first-order valence-corrected chi connectivity index (χ1v) is 6.88. The van der Waals surface area contributed by atoms with Crippen LogP contribution in [0.3, 0.4) is 0 Å². The Balaban J connectivity index is 2.96. The average molecular weight is 283 g/mol. The quantitative estimate of drug-likeness (QED) is 0.699. The maximum atomic E-state index is 11.6. The highest BCUT2D eigenvalue weighted by molar-refractivity contribution is 5.20. The van der Waals surface area contributed by atoms with Gasteiger partial charge in [-0.3, -0.25) is 9.69 Å². The minimum absolute atomic E-state index is 0.0911. The molecule has 2 N–H and O–H groups in total. The van der Waals surface area contributed by atoms with Crippen molar-refractivity contribution in [1.82, 2.24) is 14.4 Å². The largest absolute Gasteiger partial charge is 0.503 e. The van der Waals surface area contributed by atoms with Crippen LogP contribution in [0.4, 0.5) is 0 Å². The lowest BCUT2D eigenvalue weighted by Crippen LogP contribution is -2.29. The van der Waals surface area contributed by atoms with Gasteiger partial charge in [-0.05, 0) is 20.6 Å². The van der Waals surface area contributed by atoms with Crippen LogP contribution in [0.25, 0.3) is 0 Å². The van der Waals surface area contributed by atoms with Crippen molar-refractivity contribution in [2.45, 2.75) is 20.0 Å². The molecule has 1 rings (SSSR count). The van der Waals surface area contributed by atoms with E-state index in [9.17, 15) is 9.90 Å². The van der Waals surface area contributed by atoms with Crippen LogP contribution in [-0.2, 0) is 13.1 Å². The Morgan fingerprint density at radius 3 is 2.55 bits per heavy atom. The van der Waals surface area contributed by atoms with E-state index in [0.29, 0.717) is 19.6 Å². The second kappa shape index (κ2) is 8.04. The Labute approximate surface area is 119 Å². The van der Waals surface area contributed by atoms with Crippen LogP contribution < -0.4 is 5.43 Å². The minimum atomic E-state index is -0.360. The van der Waals surface area contributed by atoms with Crippen LogP contribution in [0.5, 0.6) is 5.75 Å². The lowest BCUT2D eigenvalue weighted by atomic mass is 10.3. The molecule has 1 aromatic heterocycles. The van der Waals surface area contributed by atoms with E-state index in [1.807, 2.05) is 30.5 Å². The predicted octanol–water partition coefficient (Wildman–Crippen LogP) is -0.0703. The molecule has 1 heterocycles. The van der Waals surface area contributed by atoms with E-state index in [2.05, 4.69) is 4.90 Å². The van der Waals surface area contributed by atoms with Crippen molar-refractivity contribution in [3.05, 3.63) is 28.2 Å². The van der Waals surface area contributed by atoms with Gasteiger partial charge in [0.2, 0.25) is 5.43 Å². The summed E-state index contributed by atoms with van der Waals surface area (Å²) in [5.74, 6) is -0.224. The van der Waals surface area contributed by atoms with E-state index >= 15 is 0 Å². The molecular weight excluding hydrogens is 258 g/mol. The molecule has 0 saturated carbocycles. The highest BCUT2D eigenvalue weighted by Crippen LogP contribution is 2.08. The fraction of sp³-hybridized carbons (Fsp3) is 0.643. The number of aliphatic hydroxyl groups is 1. The monoisotopic (exact) mass is 283 g/mol. The van der Waals surface area contributed by atoms with Crippen molar-refractivity contribution < 1.29 is 10.2 Å². The Bertz CT molecular complexity index is 471. The summed E-state index contributed by atoms with van der Waals surface area (Å²) in [6.07, 6.45) is 1.49. The van der Waals surface area contributed by atoms with Gasteiger partial charge in [-0.15, -0.1) is 0 Å². The van der Waals surface area contributed by atoms with Gasteiger partial charge in [0.1, 0.15) is 0 Å². The van der Waals surface area contributed by atoms with E-state index < -0.39 is 0 Å². The number of nitrogens with zero attached hydrogens (tertiary/aromatic N) is 3. The molecule has 0 aliphatic rings. The Kier molecular flexibility index (Phi) is 6.70. The molecule has 6 heteroatoms. The topological polar surface area (TPSA) is 68.9 Å². The van der Waals surface area contributed by atoms with Crippen LogP contribution >= 0.6 is 0 Å². The molecule has 0 fully saturated rings. The number of pyridine rings is 1. The first-order chi connectivity index (χ1) is 9.47. The molecule has 0 aliphatic heterocycles. The molecule has 1 aromatic rings. The van der Waals surface area contributed by atoms with Gasteiger partial charge in [0.25, 0.3) is 0 Å². The Hall–Kier alpha value is -1.37. The van der Waals surface area contributed by atoms with Crippen molar-refractivity contribution in [1.29, 1.82) is 0 Å². The molecule has 0 spiro atoms. The molecule has 0 saturated heterocycles. The summed E-state index contributed by atoms with van der Waals surface area (Å²) in [6.45, 7) is 5.57. The lowest BCUT2D eigenvalue weighted by molar-refractivity contribution is 0.193. The number of aromatic nitrogens is 1. The highest BCUT2D eigenvalue weighted by Gasteiger charge is 2.10. The van der Waals surface area contributed by atoms with Gasteiger partial charge in [-0.25, -0.2) is 0 Å².